The van der Waals surface area contributed by atoms with Crippen LogP contribution in [0.5, 0.6) is 0 Å². The number of aliphatic hydroxyl groups is 1. The highest BCUT2D eigenvalue weighted by atomic mass is 16.8. The minimum absolute atomic E-state index is 0.279. The molecule has 4 atom stereocenters. The number of ether oxygens (including phenoxy) is 3. The standard InChI is InChI=1S/C10H19NO4/c1-10(2)14-8-6(11)5-7(9(8)15-10)13-4-3-12/h6-9,12H,3-5,11H2,1-2H3/t6?,7-,8-,9+/m0/s1/i3D2,4D2. The molecule has 5 nitrogen and oxygen atoms in total. The summed E-state index contributed by atoms with van der Waals surface area (Å²) >= 11 is 0. The Hall–Kier alpha value is -0.200. The molecular formula is C10H19NO4. The van der Waals surface area contributed by atoms with Crippen molar-refractivity contribution in [2.24, 2.45) is 5.73 Å². The molecule has 1 unspecified atom stereocenters. The number of hydrogen-bond donors (Lipinski definition) is 2. The number of rotatable bonds is 3. The fourth-order valence-corrected chi connectivity index (χ4v) is 2.19. The molecule has 1 saturated heterocycles. The van der Waals surface area contributed by atoms with Crippen molar-refractivity contribution < 1.29 is 24.8 Å². The monoisotopic (exact) mass is 221 g/mol. The maximum Gasteiger partial charge on any atom is 0.163 e. The molecule has 5 heteroatoms. The largest absolute Gasteiger partial charge is 0.394 e. The summed E-state index contributed by atoms with van der Waals surface area (Å²) in [7, 11) is 0. The van der Waals surface area contributed by atoms with Gasteiger partial charge < -0.3 is 25.1 Å². The molecule has 0 amide bonds. The third-order valence-electron chi connectivity index (χ3n) is 2.71. The van der Waals surface area contributed by atoms with Crippen LogP contribution in [0.2, 0.25) is 0 Å². The molecule has 1 aliphatic carbocycles. The summed E-state index contributed by atoms with van der Waals surface area (Å²) < 4.78 is 45.2. The highest BCUT2D eigenvalue weighted by Crippen LogP contribution is 2.38. The van der Waals surface area contributed by atoms with Gasteiger partial charge in [0.25, 0.3) is 0 Å². The van der Waals surface area contributed by atoms with Gasteiger partial charge in [-0.3, -0.25) is 0 Å². The maximum atomic E-state index is 9.14. The van der Waals surface area contributed by atoms with Crippen molar-refractivity contribution in [3.63, 3.8) is 0 Å². The van der Waals surface area contributed by atoms with E-state index in [9.17, 15) is 0 Å². The highest BCUT2D eigenvalue weighted by Gasteiger charge is 2.53. The first-order chi connectivity index (χ1) is 8.43. The van der Waals surface area contributed by atoms with Crippen LogP contribution < -0.4 is 5.73 Å². The van der Waals surface area contributed by atoms with E-state index in [4.69, 9.17) is 30.5 Å². The first-order valence-electron chi connectivity index (χ1n) is 6.94. The molecule has 2 aliphatic rings. The first-order valence-corrected chi connectivity index (χ1v) is 4.94. The molecule has 0 spiro atoms. The first kappa shape index (κ1) is 7.19. The van der Waals surface area contributed by atoms with E-state index in [0.717, 1.165) is 0 Å². The zero-order chi connectivity index (χ0) is 14.6. The van der Waals surface area contributed by atoms with E-state index in [1.165, 1.54) is 0 Å². The zero-order valence-corrected chi connectivity index (χ0v) is 8.77. The van der Waals surface area contributed by atoms with E-state index in [1.54, 1.807) is 13.8 Å². The molecule has 1 heterocycles. The molecule has 88 valence electrons. The Morgan fingerprint density at radius 2 is 2.20 bits per heavy atom. The van der Waals surface area contributed by atoms with Gasteiger partial charge in [-0.25, -0.2) is 0 Å². The van der Waals surface area contributed by atoms with Gasteiger partial charge in [0.2, 0.25) is 0 Å². The summed E-state index contributed by atoms with van der Waals surface area (Å²) in [5.41, 5.74) is 5.90. The molecule has 15 heavy (non-hydrogen) atoms. The molecule has 1 aliphatic heterocycles. The highest BCUT2D eigenvalue weighted by molar-refractivity contribution is 5.01. The molecule has 2 fully saturated rings. The lowest BCUT2D eigenvalue weighted by atomic mass is 10.2. The molecule has 0 aromatic rings. The Bertz CT molecular complexity index is 360. The van der Waals surface area contributed by atoms with E-state index in [1.807, 2.05) is 0 Å². The molecular weight excluding hydrogens is 198 g/mol. The molecule has 2 rings (SSSR count). The van der Waals surface area contributed by atoms with Gasteiger partial charge in [0.15, 0.2) is 5.79 Å². The third kappa shape index (κ3) is 2.16. The van der Waals surface area contributed by atoms with Crippen molar-refractivity contribution in [3.8, 4) is 0 Å². The Morgan fingerprint density at radius 1 is 1.53 bits per heavy atom. The topological polar surface area (TPSA) is 73.9 Å². The lowest BCUT2D eigenvalue weighted by molar-refractivity contribution is -0.168. The third-order valence-corrected chi connectivity index (χ3v) is 2.71. The summed E-state index contributed by atoms with van der Waals surface area (Å²) in [4.78, 5) is 0. The SMILES string of the molecule is [2H]C([2H])(O)C([2H])([2H])O[C@H]1CC(N)[C@@H]2OC(C)(C)O[C@H]12. The zero-order valence-electron chi connectivity index (χ0n) is 12.8. The maximum absolute atomic E-state index is 9.14. The molecule has 1 saturated carbocycles. The van der Waals surface area contributed by atoms with Gasteiger partial charge in [0.05, 0.1) is 24.7 Å². The molecule has 0 bridgehead atoms. The second-order valence-corrected chi connectivity index (χ2v) is 4.33. The van der Waals surface area contributed by atoms with Gasteiger partial charge in [-0.05, 0) is 20.3 Å². The van der Waals surface area contributed by atoms with E-state index >= 15 is 0 Å². The van der Waals surface area contributed by atoms with Crippen molar-refractivity contribution in [1.82, 2.24) is 0 Å². The summed E-state index contributed by atoms with van der Waals surface area (Å²) in [5, 5.41) is 9.14. The lowest BCUT2D eigenvalue weighted by Gasteiger charge is -2.22. The van der Waals surface area contributed by atoms with Gasteiger partial charge in [-0.15, -0.1) is 0 Å². The van der Waals surface area contributed by atoms with Crippen molar-refractivity contribution in [2.45, 2.75) is 50.4 Å². The normalized spacial score (nSPS) is 49.1. The van der Waals surface area contributed by atoms with Crippen LogP contribution >= 0.6 is 0 Å². The quantitative estimate of drug-likeness (QED) is 0.679. The Morgan fingerprint density at radius 3 is 2.87 bits per heavy atom. The fraction of sp³-hybridized carbons (Fsp3) is 1.00. The lowest BCUT2D eigenvalue weighted by Crippen LogP contribution is -2.35. The van der Waals surface area contributed by atoms with Crippen LogP contribution in [-0.4, -0.2) is 48.4 Å². The molecule has 0 radical (unpaired) electrons. The van der Waals surface area contributed by atoms with Crippen LogP contribution in [0.3, 0.4) is 0 Å². The Kier molecular flexibility index (Phi) is 1.91. The van der Waals surface area contributed by atoms with E-state index in [0.29, 0.717) is 0 Å². The van der Waals surface area contributed by atoms with Crippen LogP contribution in [0.25, 0.3) is 0 Å². The van der Waals surface area contributed by atoms with Gasteiger partial charge in [-0.2, -0.15) is 0 Å². The van der Waals surface area contributed by atoms with E-state index in [2.05, 4.69) is 0 Å². The summed E-state index contributed by atoms with van der Waals surface area (Å²) in [6.45, 7) is -2.52. The smallest absolute Gasteiger partial charge is 0.163 e. The predicted molar refractivity (Wildman–Crippen MR) is 53.2 cm³/mol. The van der Waals surface area contributed by atoms with Gasteiger partial charge in [0, 0.05) is 6.04 Å². The Balaban J connectivity index is 2.11. The molecule has 0 aromatic heterocycles. The minimum atomic E-state index is -3.11. The predicted octanol–water partition coefficient (Wildman–Crippen LogP) is -0.385. The summed E-state index contributed by atoms with van der Waals surface area (Å²) in [6.07, 6.45) is -1.47. The van der Waals surface area contributed by atoms with Crippen molar-refractivity contribution in [3.05, 3.63) is 0 Å². The van der Waals surface area contributed by atoms with E-state index < -0.39 is 37.2 Å². The van der Waals surface area contributed by atoms with E-state index in [-0.39, 0.29) is 12.5 Å². The Labute approximate surface area is 95.1 Å². The average molecular weight is 221 g/mol. The second kappa shape index (κ2) is 3.99. The summed E-state index contributed by atoms with van der Waals surface area (Å²) in [6, 6.07) is -0.378. The number of hydrogen-bond acceptors (Lipinski definition) is 5. The number of nitrogens with two attached hydrogens (primary N) is 1. The van der Waals surface area contributed by atoms with Gasteiger partial charge in [-0.1, -0.05) is 0 Å². The minimum Gasteiger partial charge on any atom is -0.394 e. The fourth-order valence-electron chi connectivity index (χ4n) is 2.19. The van der Waals surface area contributed by atoms with Crippen molar-refractivity contribution in [2.75, 3.05) is 13.1 Å². The van der Waals surface area contributed by atoms with Crippen molar-refractivity contribution in [1.29, 1.82) is 0 Å². The van der Waals surface area contributed by atoms with Crippen LogP contribution in [0.4, 0.5) is 0 Å². The van der Waals surface area contributed by atoms with Crippen molar-refractivity contribution >= 4 is 0 Å². The molecule has 3 N–H and O–H groups in total. The number of fused-ring (bicyclic) bond motifs is 1. The van der Waals surface area contributed by atoms with Crippen LogP contribution in [0.15, 0.2) is 0 Å². The van der Waals surface area contributed by atoms with Gasteiger partial charge >= 0.3 is 0 Å². The second-order valence-electron chi connectivity index (χ2n) is 4.33. The van der Waals surface area contributed by atoms with Gasteiger partial charge in [0.1, 0.15) is 12.2 Å². The summed E-state index contributed by atoms with van der Waals surface area (Å²) in [5.74, 6) is -0.833. The van der Waals surface area contributed by atoms with Crippen LogP contribution in [0.1, 0.15) is 25.8 Å². The average Bonchev–Trinajstić information content (AvgIpc) is 2.62. The van der Waals surface area contributed by atoms with Crippen LogP contribution in [-0.2, 0) is 14.2 Å². The van der Waals surface area contributed by atoms with Crippen LogP contribution in [0, 0.1) is 0 Å². The molecule has 0 aromatic carbocycles.